The number of halogens is 1. The molecule has 1 aromatic carbocycles. The highest BCUT2D eigenvalue weighted by Gasteiger charge is 2.16. The van der Waals surface area contributed by atoms with E-state index in [1.165, 1.54) is 11.3 Å². The van der Waals surface area contributed by atoms with Gasteiger partial charge in [0.05, 0.1) is 0 Å². The Kier molecular flexibility index (Phi) is 7.26. The SMILES string of the molecule is CCNC(C)c1ccc(Br)cc1N(C)C(C)CSC. The van der Waals surface area contributed by atoms with Crippen molar-refractivity contribution in [2.45, 2.75) is 32.9 Å². The molecule has 0 radical (unpaired) electrons. The molecular weight excluding hydrogens is 320 g/mol. The third kappa shape index (κ3) is 4.69. The van der Waals surface area contributed by atoms with Gasteiger partial charge in [0, 0.05) is 35.0 Å². The standard InChI is InChI=1S/C15H25BrN2S/c1-6-17-12(3)14-8-7-13(16)9-15(14)18(4)11(2)10-19-5/h7-9,11-12,17H,6,10H2,1-5H3. The number of anilines is 1. The molecule has 108 valence electrons. The molecule has 4 heteroatoms. The minimum absolute atomic E-state index is 0.372. The van der Waals surface area contributed by atoms with Crippen molar-refractivity contribution in [1.82, 2.24) is 5.32 Å². The van der Waals surface area contributed by atoms with Crippen LogP contribution in [0, 0.1) is 0 Å². The van der Waals surface area contributed by atoms with Gasteiger partial charge in [0.15, 0.2) is 0 Å². The maximum absolute atomic E-state index is 3.59. The molecule has 1 rings (SSSR count). The van der Waals surface area contributed by atoms with Gasteiger partial charge in [-0.1, -0.05) is 28.9 Å². The molecule has 0 aliphatic heterocycles. The van der Waals surface area contributed by atoms with Gasteiger partial charge in [-0.2, -0.15) is 11.8 Å². The molecule has 2 nitrogen and oxygen atoms in total. The lowest BCUT2D eigenvalue weighted by Crippen LogP contribution is -2.32. The van der Waals surface area contributed by atoms with E-state index in [0.717, 1.165) is 16.8 Å². The number of hydrogen-bond donors (Lipinski definition) is 1. The maximum atomic E-state index is 3.59. The summed E-state index contributed by atoms with van der Waals surface area (Å²) in [7, 11) is 2.19. The Morgan fingerprint density at radius 3 is 2.63 bits per heavy atom. The van der Waals surface area contributed by atoms with E-state index < -0.39 is 0 Å². The first-order chi connectivity index (χ1) is 9.01. The van der Waals surface area contributed by atoms with Gasteiger partial charge >= 0.3 is 0 Å². The second-order valence-electron chi connectivity index (χ2n) is 4.90. The van der Waals surface area contributed by atoms with E-state index in [1.807, 2.05) is 11.8 Å². The summed E-state index contributed by atoms with van der Waals surface area (Å²) in [5, 5.41) is 3.50. The molecule has 1 N–H and O–H groups in total. The van der Waals surface area contributed by atoms with Crippen molar-refractivity contribution in [2.75, 3.05) is 30.5 Å². The summed E-state index contributed by atoms with van der Waals surface area (Å²) >= 11 is 5.48. The number of thioether (sulfide) groups is 1. The second kappa shape index (κ2) is 8.18. The number of benzene rings is 1. The summed E-state index contributed by atoms with van der Waals surface area (Å²) in [5.74, 6) is 1.14. The zero-order chi connectivity index (χ0) is 14.4. The van der Waals surface area contributed by atoms with E-state index in [4.69, 9.17) is 0 Å². The van der Waals surface area contributed by atoms with E-state index in [-0.39, 0.29) is 0 Å². The topological polar surface area (TPSA) is 15.3 Å². The van der Waals surface area contributed by atoms with Crippen LogP contribution in [0.25, 0.3) is 0 Å². The molecule has 0 amide bonds. The average Bonchev–Trinajstić information content (AvgIpc) is 2.38. The van der Waals surface area contributed by atoms with E-state index in [1.54, 1.807) is 0 Å². The molecule has 0 aliphatic carbocycles. The predicted molar refractivity (Wildman–Crippen MR) is 92.5 cm³/mol. The lowest BCUT2D eigenvalue weighted by Gasteiger charge is -2.30. The van der Waals surface area contributed by atoms with Crippen molar-refractivity contribution in [1.29, 1.82) is 0 Å². The van der Waals surface area contributed by atoms with Crippen molar-refractivity contribution in [3.05, 3.63) is 28.2 Å². The molecule has 0 heterocycles. The summed E-state index contributed by atoms with van der Waals surface area (Å²) in [5.41, 5.74) is 2.67. The van der Waals surface area contributed by atoms with Crippen LogP contribution < -0.4 is 10.2 Å². The molecule has 0 bridgehead atoms. The minimum atomic E-state index is 0.372. The van der Waals surface area contributed by atoms with Crippen LogP contribution in [0.1, 0.15) is 32.4 Å². The smallest absolute Gasteiger partial charge is 0.0426 e. The highest BCUT2D eigenvalue weighted by Crippen LogP contribution is 2.30. The molecule has 2 unspecified atom stereocenters. The van der Waals surface area contributed by atoms with Crippen molar-refractivity contribution in [3.63, 3.8) is 0 Å². The van der Waals surface area contributed by atoms with Crippen LogP contribution in [0.3, 0.4) is 0 Å². The fourth-order valence-electron chi connectivity index (χ4n) is 2.20. The molecule has 2 atom stereocenters. The van der Waals surface area contributed by atoms with Crippen molar-refractivity contribution >= 4 is 33.4 Å². The van der Waals surface area contributed by atoms with Crippen LogP contribution in [-0.4, -0.2) is 31.6 Å². The van der Waals surface area contributed by atoms with Gasteiger partial charge < -0.3 is 10.2 Å². The lowest BCUT2D eigenvalue weighted by atomic mass is 10.0. The van der Waals surface area contributed by atoms with Crippen LogP contribution in [0.4, 0.5) is 5.69 Å². The van der Waals surface area contributed by atoms with Crippen LogP contribution in [0.15, 0.2) is 22.7 Å². The Bertz CT molecular complexity index is 398. The van der Waals surface area contributed by atoms with E-state index >= 15 is 0 Å². The van der Waals surface area contributed by atoms with Gasteiger partial charge in [0.1, 0.15) is 0 Å². The van der Waals surface area contributed by atoms with Crippen molar-refractivity contribution in [3.8, 4) is 0 Å². The number of hydrogen-bond acceptors (Lipinski definition) is 3. The second-order valence-corrected chi connectivity index (χ2v) is 6.72. The van der Waals surface area contributed by atoms with Gasteiger partial charge in [-0.15, -0.1) is 0 Å². The predicted octanol–water partition coefficient (Wildman–Crippen LogP) is 4.31. The highest BCUT2D eigenvalue weighted by atomic mass is 79.9. The fraction of sp³-hybridized carbons (Fsp3) is 0.600. The van der Waals surface area contributed by atoms with E-state index in [0.29, 0.717) is 12.1 Å². The zero-order valence-electron chi connectivity index (χ0n) is 12.5. The number of nitrogens with zero attached hydrogens (tertiary/aromatic N) is 1. The Morgan fingerprint density at radius 1 is 1.37 bits per heavy atom. The Labute approximate surface area is 130 Å². The molecule has 19 heavy (non-hydrogen) atoms. The minimum Gasteiger partial charge on any atom is -0.371 e. The molecule has 0 aromatic heterocycles. The monoisotopic (exact) mass is 344 g/mol. The molecule has 0 saturated heterocycles. The van der Waals surface area contributed by atoms with Crippen LogP contribution in [0.2, 0.25) is 0 Å². The van der Waals surface area contributed by atoms with Gasteiger partial charge in [0.2, 0.25) is 0 Å². The largest absolute Gasteiger partial charge is 0.371 e. The quantitative estimate of drug-likeness (QED) is 0.793. The molecule has 0 saturated carbocycles. The molecule has 1 aromatic rings. The van der Waals surface area contributed by atoms with Crippen molar-refractivity contribution < 1.29 is 0 Å². The van der Waals surface area contributed by atoms with E-state index in [9.17, 15) is 0 Å². The Morgan fingerprint density at radius 2 is 2.05 bits per heavy atom. The van der Waals surface area contributed by atoms with Crippen molar-refractivity contribution in [2.24, 2.45) is 0 Å². The van der Waals surface area contributed by atoms with Crippen LogP contribution in [0.5, 0.6) is 0 Å². The van der Waals surface area contributed by atoms with Gasteiger partial charge in [0.25, 0.3) is 0 Å². The zero-order valence-corrected chi connectivity index (χ0v) is 14.9. The Balaban J connectivity index is 3.05. The first-order valence-electron chi connectivity index (χ1n) is 6.75. The molecular formula is C15H25BrN2S. The maximum Gasteiger partial charge on any atom is 0.0426 e. The summed E-state index contributed by atoms with van der Waals surface area (Å²) in [6, 6.07) is 7.46. The van der Waals surface area contributed by atoms with Gasteiger partial charge in [-0.05, 0) is 44.3 Å². The highest BCUT2D eigenvalue weighted by molar-refractivity contribution is 9.10. The number of rotatable bonds is 7. The third-order valence-electron chi connectivity index (χ3n) is 3.42. The van der Waals surface area contributed by atoms with Gasteiger partial charge in [-0.3, -0.25) is 0 Å². The van der Waals surface area contributed by atoms with Gasteiger partial charge in [-0.25, -0.2) is 0 Å². The first kappa shape index (κ1) is 16.9. The van der Waals surface area contributed by atoms with Crippen LogP contribution >= 0.6 is 27.7 Å². The third-order valence-corrected chi connectivity index (χ3v) is 4.73. The summed E-state index contributed by atoms with van der Waals surface area (Å²) in [6.07, 6.45) is 2.16. The Hall–Kier alpha value is -0.190. The first-order valence-corrected chi connectivity index (χ1v) is 8.94. The van der Waals surface area contributed by atoms with E-state index in [2.05, 4.69) is 78.4 Å². The summed E-state index contributed by atoms with van der Waals surface area (Å²) in [6.45, 7) is 7.64. The fourth-order valence-corrected chi connectivity index (χ4v) is 3.25. The molecule has 0 aliphatic rings. The molecule has 0 spiro atoms. The number of nitrogens with one attached hydrogen (secondary N) is 1. The average molecular weight is 345 g/mol. The lowest BCUT2D eigenvalue weighted by molar-refractivity contribution is 0.594. The van der Waals surface area contributed by atoms with Crippen LogP contribution in [-0.2, 0) is 0 Å². The normalized spacial score (nSPS) is 14.2. The summed E-state index contributed by atoms with van der Waals surface area (Å²) < 4.78 is 1.14. The summed E-state index contributed by atoms with van der Waals surface area (Å²) in [4.78, 5) is 2.38. The molecule has 0 fully saturated rings.